The minimum atomic E-state index is -0.213. The summed E-state index contributed by atoms with van der Waals surface area (Å²) in [5.74, 6) is -0.835. The van der Waals surface area contributed by atoms with Crippen LogP contribution in [0.4, 0.5) is 0 Å². The third-order valence-corrected chi connectivity index (χ3v) is 10.5. The summed E-state index contributed by atoms with van der Waals surface area (Å²) in [6, 6.07) is 7.55. The quantitative estimate of drug-likeness (QED) is 0.127. The summed E-state index contributed by atoms with van der Waals surface area (Å²) in [5.41, 5.74) is 12.0. The number of nitrogens with zero attached hydrogens (tertiary/aromatic N) is 2. The van der Waals surface area contributed by atoms with Gasteiger partial charge in [-0.2, -0.15) is 0 Å². The topological polar surface area (TPSA) is 74.8 Å². The van der Waals surface area contributed by atoms with Gasteiger partial charge in [-0.15, -0.1) is 0 Å². The monoisotopic (exact) mass is 700 g/mol. The molecule has 0 aromatic heterocycles. The Hall–Kier alpha value is -4.58. The lowest BCUT2D eigenvalue weighted by atomic mass is 9.90. The smallest absolute Gasteiger partial charge is 0.257 e. The highest BCUT2D eigenvalue weighted by Gasteiger charge is 2.40. The Kier molecular flexibility index (Phi) is 13.2. The van der Waals surface area contributed by atoms with Crippen molar-refractivity contribution in [2.75, 3.05) is 0 Å². The molecule has 5 rings (SSSR count). The lowest BCUT2D eigenvalue weighted by Crippen LogP contribution is -2.32. The molecule has 274 valence electrons. The normalized spacial score (nSPS) is 17.9. The first-order valence-electron chi connectivity index (χ1n) is 19.1. The van der Waals surface area contributed by atoms with Crippen molar-refractivity contribution < 1.29 is 19.2 Å². The molecule has 2 aliphatic carbocycles. The van der Waals surface area contributed by atoms with E-state index >= 15 is 0 Å². The van der Waals surface area contributed by atoms with E-state index in [1.165, 1.54) is 43.2 Å². The van der Waals surface area contributed by atoms with Gasteiger partial charge in [0.1, 0.15) is 0 Å². The van der Waals surface area contributed by atoms with Gasteiger partial charge in [0.05, 0.1) is 13.1 Å². The van der Waals surface area contributed by atoms with Crippen LogP contribution in [0.1, 0.15) is 130 Å². The zero-order chi connectivity index (χ0) is 37.4. The van der Waals surface area contributed by atoms with Crippen molar-refractivity contribution in [2.45, 2.75) is 132 Å². The fraction of sp³-hybridized carbons (Fsp3) is 0.435. The Morgan fingerprint density at radius 2 is 0.962 bits per heavy atom. The van der Waals surface area contributed by atoms with E-state index in [1.54, 1.807) is 0 Å². The second kappa shape index (κ2) is 17.8. The summed E-state index contributed by atoms with van der Waals surface area (Å²) in [6.45, 7) is 13.2. The third kappa shape index (κ3) is 9.84. The largest absolute Gasteiger partial charge is 0.270 e. The van der Waals surface area contributed by atoms with Crippen LogP contribution in [0.15, 0.2) is 116 Å². The number of imide groups is 2. The summed E-state index contributed by atoms with van der Waals surface area (Å²) < 4.78 is 0. The molecule has 52 heavy (non-hydrogen) atoms. The molecule has 6 nitrogen and oxygen atoms in total. The van der Waals surface area contributed by atoms with Crippen LogP contribution in [-0.4, -0.2) is 33.4 Å². The van der Waals surface area contributed by atoms with Gasteiger partial charge in [-0.05, 0) is 130 Å². The van der Waals surface area contributed by atoms with Gasteiger partial charge in [0.25, 0.3) is 23.6 Å². The van der Waals surface area contributed by atoms with Crippen molar-refractivity contribution in [1.29, 1.82) is 0 Å². The summed E-state index contributed by atoms with van der Waals surface area (Å²) in [4.78, 5) is 56.5. The zero-order valence-corrected chi connectivity index (χ0v) is 32.2. The highest BCUT2D eigenvalue weighted by molar-refractivity contribution is 6.20. The molecule has 1 aromatic carbocycles. The molecule has 0 fully saturated rings. The first-order valence-corrected chi connectivity index (χ1v) is 19.1. The molecule has 6 heteroatoms. The van der Waals surface area contributed by atoms with Crippen molar-refractivity contribution in [2.24, 2.45) is 0 Å². The van der Waals surface area contributed by atoms with E-state index in [0.717, 1.165) is 62.5 Å². The molecule has 0 saturated carbocycles. The van der Waals surface area contributed by atoms with Crippen LogP contribution in [0.2, 0.25) is 0 Å². The molecule has 0 atom stereocenters. The van der Waals surface area contributed by atoms with Crippen molar-refractivity contribution in [1.82, 2.24) is 9.80 Å². The number of hydrogen-bond acceptors (Lipinski definition) is 4. The molecule has 0 saturated heterocycles. The van der Waals surface area contributed by atoms with Crippen LogP contribution in [0.5, 0.6) is 0 Å². The maximum absolute atomic E-state index is 13.5. The summed E-state index contributed by atoms with van der Waals surface area (Å²) in [5, 5.41) is 0. The number of carbonyl (C=O) groups is 4. The Morgan fingerprint density at radius 1 is 0.558 bits per heavy atom. The van der Waals surface area contributed by atoms with E-state index in [1.807, 2.05) is 24.3 Å². The first kappa shape index (κ1) is 38.6. The fourth-order valence-corrected chi connectivity index (χ4v) is 7.48. The van der Waals surface area contributed by atoms with Gasteiger partial charge in [-0.25, -0.2) is 0 Å². The number of benzene rings is 1. The number of amides is 4. The molecule has 0 N–H and O–H groups in total. The molecule has 2 aliphatic heterocycles. The Balaban J connectivity index is 1.12. The van der Waals surface area contributed by atoms with Crippen molar-refractivity contribution in [3.05, 3.63) is 128 Å². The van der Waals surface area contributed by atoms with Gasteiger partial charge in [0.2, 0.25) is 0 Å². The van der Waals surface area contributed by atoms with Crippen LogP contribution in [0, 0.1) is 0 Å². The Labute approximate surface area is 311 Å². The molecule has 4 amide bonds. The molecule has 0 radical (unpaired) electrons. The van der Waals surface area contributed by atoms with Gasteiger partial charge in [0.15, 0.2) is 0 Å². The predicted octanol–water partition coefficient (Wildman–Crippen LogP) is 10.4. The molecular weight excluding hydrogens is 645 g/mol. The van der Waals surface area contributed by atoms with Crippen LogP contribution >= 0.6 is 0 Å². The average Bonchev–Trinajstić information content (AvgIpc) is 3.47. The zero-order valence-electron chi connectivity index (χ0n) is 32.2. The first-order chi connectivity index (χ1) is 24.9. The standard InChI is InChI=1S/C46H56N2O4/c1-31(2)12-7-14-33(5)16-9-18-35-22-24-39-41(27-35)45(51)47(43(39)49)29-37-20-11-21-38(26-37)30-48-44(50)40-25-23-36(28-42(40)46(48)52)19-10-17-34(6)15-8-13-32(3)4/h11-13,16-17,20-23,26H,7-10,14-15,18-19,24-25,27-30H2,1-6H3/b33-16+,34-17+. The average molecular weight is 701 g/mol. The van der Waals surface area contributed by atoms with Crippen molar-refractivity contribution >= 4 is 23.6 Å². The van der Waals surface area contributed by atoms with Crippen LogP contribution in [-0.2, 0) is 32.3 Å². The van der Waals surface area contributed by atoms with E-state index in [-0.39, 0.29) is 36.7 Å². The minimum absolute atomic E-state index is 0.161. The van der Waals surface area contributed by atoms with Crippen molar-refractivity contribution in [3.63, 3.8) is 0 Å². The highest BCUT2D eigenvalue weighted by atomic mass is 16.2. The van der Waals surface area contributed by atoms with Crippen molar-refractivity contribution in [3.8, 4) is 0 Å². The molecule has 0 spiro atoms. The molecule has 4 aliphatic rings. The maximum atomic E-state index is 13.5. The lowest BCUT2D eigenvalue weighted by molar-refractivity contribution is -0.139. The van der Waals surface area contributed by atoms with E-state index in [0.29, 0.717) is 48.0 Å². The molecule has 1 aromatic rings. The van der Waals surface area contributed by atoms with Crippen LogP contribution in [0.25, 0.3) is 0 Å². The number of rotatable bonds is 16. The van der Waals surface area contributed by atoms with Crippen LogP contribution < -0.4 is 0 Å². The number of carbonyl (C=O) groups excluding carboxylic acids is 4. The van der Waals surface area contributed by atoms with E-state index in [9.17, 15) is 19.2 Å². The number of hydrogen-bond donors (Lipinski definition) is 0. The van der Waals surface area contributed by atoms with Crippen LogP contribution in [0.3, 0.4) is 0 Å². The van der Waals surface area contributed by atoms with E-state index in [2.05, 4.69) is 78.0 Å². The molecular formula is C46H56N2O4. The van der Waals surface area contributed by atoms with Gasteiger partial charge in [0, 0.05) is 22.3 Å². The minimum Gasteiger partial charge on any atom is -0.270 e. The second-order valence-electron chi connectivity index (χ2n) is 15.4. The third-order valence-electron chi connectivity index (χ3n) is 10.5. The van der Waals surface area contributed by atoms with Gasteiger partial charge in [-0.1, -0.05) is 94.2 Å². The molecule has 2 heterocycles. The Bertz CT molecular complexity index is 1730. The summed E-state index contributed by atoms with van der Waals surface area (Å²) in [6.07, 6.45) is 23.3. The Morgan fingerprint density at radius 3 is 1.37 bits per heavy atom. The highest BCUT2D eigenvalue weighted by Crippen LogP contribution is 2.37. The second-order valence-corrected chi connectivity index (χ2v) is 15.4. The fourth-order valence-electron chi connectivity index (χ4n) is 7.48. The van der Waals surface area contributed by atoms with E-state index < -0.39 is 0 Å². The molecule has 0 bridgehead atoms. The predicted molar refractivity (Wildman–Crippen MR) is 210 cm³/mol. The van der Waals surface area contributed by atoms with E-state index in [4.69, 9.17) is 0 Å². The lowest BCUT2D eigenvalue weighted by Gasteiger charge is -2.18. The summed E-state index contributed by atoms with van der Waals surface area (Å²) >= 11 is 0. The number of allylic oxidation sites excluding steroid dienone is 12. The van der Waals surface area contributed by atoms with Gasteiger partial charge >= 0.3 is 0 Å². The van der Waals surface area contributed by atoms with Gasteiger partial charge in [-0.3, -0.25) is 29.0 Å². The maximum Gasteiger partial charge on any atom is 0.257 e. The van der Waals surface area contributed by atoms with Gasteiger partial charge < -0.3 is 0 Å². The summed E-state index contributed by atoms with van der Waals surface area (Å²) in [7, 11) is 0. The SMILES string of the molecule is CC(C)=CCC/C(C)=C/CCC1=CCC2=C(C1)C(=O)N(Cc1cccc(CN3C(=O)C4=C(CC(CC/C=C(\C)CCC=C(C)C)=CC4)C3=O)c1)C2=O. The molecule has 0 unspecified atom stereocenters.